The van der Waals surface area contributed by atoms with Crippen molar-refractivity contribution in [3.63, 3.8) is 0 Å². The molecule has 2 atom stereocenters. The summed E-state index contributed by atoms with van der Waals surface area (Å²) in [4.78, 5) is 2.66. The average Bonchev–Trinajstić information content (AvgIpc) is 2.70. The molecule has 2 aliphatic heterocycles. The molecule has 98 valence electrons. The second-order valence-corrected chi connectivity index (χ2v) is 6.61. The molecule has 3 fully saturated rings. The molecule has 3 aliphatic rings. The highest BCUT2D eigenvalue weighted by Gasteiger charge is 2.47. The van der Waals surface area contributed by atoms with Crippen molar-refractivity contribution in [1.29, 1.82) is 0 Å². The average molecular weight is 239 g/mol. The summed E-state index contributed by atoms with van der Waals surface area (Å²) in [5.74, 6) is 1.63. The third-order valence-electron chi connectivity index (χ3n) is 4.55. The maximum atomic E-state index is 5.82. The van der Waals surface area contributed by atoms with Crippen LogP contribution in [-0.2, 0) is 9.47 Å². The number of likely N-dealkylation sites (tertiary alicyclic amines) is 1. The van der Waals surface area contributed by atoms with Crippen molar-refractivity contribution in [3.05, 3.63) is 0 Å². The molecule has 3 heteroatoms. The highest BCUT2D eigenvalue weighted by atomic mass is 16.5. The van der Waals surface area contributed by atoms with E-state index in [2.05, 4.69) is 18.7 Å². The first kappa shape index (κ1) is 11.9. The minimum Gasteiger partial charge on any atom is -0.381 e. The fourth-order valence-corrected chi connectivity index (χ4v) is 3.26. The molecular weight excluding hydrogens is 214 g/mol. The smallest absolute Gasteiger partial charge is 0.0538 e. The first-order valence-corrected chi connectivity index (χ1v) is 7.09. The van der Waals surface area contributed by atoms with E-state index >= 15 is 0 Å². The van der Waals surface area contributed by atoms with Crippen molar-refractivity contribution in [2.24, 2.45) is 17.3 Å². The lowest BCUT2D eigenvalue weighted by Crippen LogP contribution is -2.32. The minimum atomic E-state index is 0.374. The zero-order chi connectivity index (χ0) is 11.9. The molecule has 0 bridgehead atoms. The molecule has 2 heterocycles. The topological polar surface area (TPSA) is 21.7 Å². The molecule has 17 heavy (non-hydrogen) atoms. The van der Waals surface area contributed by atoms with E-state index in [-0.39, 0.29) is 0 Å². The highest BCUT2D eigenvalue weighted by Crippen LogP contribution is 2.47. The van der Waals surface area contributed by atoms with Crippen LogP contribution in [0.25, 0.3) is 0 Å². The van der Waals surface area contributed by atoms with E-state index < -0.39 is 0 Å². The van der Waals surface area contributed by atoms with E-state index in [1.165, 1.54) is 32.5 Å². The normalized spacial score (nSPS) is 35.5. The predicted molar refractivity (Wildman–Crippen MR) is 67.0 cm³/mol. The van der Waals surface area contributed by atoms with Crippen LogP contribution in [0, 0.1) is 17.3 Å². The quantitative estimate of drug-likeness (QED) is 0.730. The van der Waals surface area contributed by atoms with E-state index in [0.717, 1.165) is 31.7 Å². The molecule has 0 spiro atoms. The Bertz CT molecular complexity index is 263. The van der Waals surface area contributed by atoms with Gasteiger partial charge >= 0.3 is 0 Å². The Kier molecular flexibility index (Phi) is 3.18. The van der Waals surface area contributed by atoms with Crippen LogP contribution in [-0.4, -0.2) is 50.5 Å². The lowest BCUT2D eigenvalue weighted by molar-refractivity contribution is 0.0314. The van der Waals surface area contributed by atoms with Crippen LogP contribution in [0.3, 0.4) is 0 Å². The number of nitrogens with zero attached hydrogens (tertiary/aromatic N) is 1. The van der Waals surface area contributed by atoms with Gasteiger partial charge in [-0.3, -0.25) is 0 Å². The van der Waals surface area contributed by atoms with Gasteiger partial charge < -0.3 is 14.4 Å². The third kappa shape index (κ3) is 2.67. The van der Waals surface area contributed by atoms with Gasteiger partial charge in [0.25, 0.3) is 0 Å². The minimum absolute atomic E-state index is 0.374. The maximum Gasteiger partial charge on any atom is 0.0538 e. The van der Waals surface area contributed by atoms with Gasteiger partial charge in [0.15, 0.2) is 0 Å². The molecule has 0 amide bonds. The molecule has 2 unspecified atom stereocenters. The number of hydrogen-bond donors (Lipinski definition) is 0. The summed E-state index contributed by atoms with van der Waals surface area (Å²) >= 11 is 0. The number of ether oxygens (including phenoxy) is 2. The molecule has 0 aromatic rings. The first-order chi connectivity index (χ1) is 8.17. The van der Waals surface area contributed by atoms with Crippen LogP contribution >= 0.6 is 0 Å². The second-order valence-electron chi connectivity index (χ2n) is 6.61. The van der Waals surface area contributed by atoms with Crippen molar-refractivity contribution in [1.82, 2.24) is 4.90 Å². The molecule has 3 nitrogen and oxygen atoms in total. The Morgan fingerprint density at radius 3 is 2.41 bits per heavy atom. The van der Waals surface area contributed by atoms with E-state index in [1.54, 1.807) is 0 Å². The molecule has 1 saturated carbocycles. The van der Waals surface area contributed by atoms with Crippen LogP contribution < -0.4 is 0 Å². The standard InChI is InChI=1S/C14H25NO2/c1-11(2)17-10-14(3-4-14)9-15-5-12-7-16-8-13(12)6-15/h11-13H,3-10H2,1-2H3. The van der Waals surface area contributed by atoms with Crippen LogP contribution in [0.2, 0.25) is 0 Å². The molecule has 0 aromatic carbocycles. The summed E-state index contributed by atoms with van der Waals surface area (Å²) in [5, 5.41) is 0. The summed E-state index contributed by atoms with van der Waals surface area (Å²) in [6.45, 7) is 11.0. The van der Waals surface area contributed by atoms with Crippen molar-refractivity contribution in [3.8, 4) is 0 Å². The summed E-state index contributed by atoms with van der Waals surface area (Å²) in [6.07, 6.45) is 3.10. The number of rotatable bonds is 5. The van der Waals surface area contributed by atoms with Gasteiger partial charge in [-0.1, -0.05) is 0 Å². The Labute approximate surface area is 104 Å². The number of fused-ring (bicyclic) bond motifs is 1. The zero-order valence-corrected chi connectivity index (χ0v) is 11.2. The Morgan fingerprint density at radius 1 is 1.24 bits per heavy atom. The lowest BCUT2D eigenvalue weighted by atomic mass is 10.0. The molecule has 1 aliphatic carbocycles. The summed E-state index contributed by atoms with van der Waals surface area (Å²) < 4.78 is 11.4. The maximum absolute atomic E-state index is 5.82. The second kappa shape index (κ2) is 4.52. The molecule has 2 saturated heterocycles. The van der Waals surface area contributed by atoms with Crippen LogP contribution in [0.15, 0.2) is 0 Å². The largest absolute Gasteiger partial charge is 0.381 e. The summed E-state index contributed by atoms with van der Waals surface area (Å²) in [6, 6.07) is 0. The lowest BCUT2D eigenvalue weighted by Gasteiger charge is -2.24. The highest BCUT2D eigenvalue weighted by molar-refractivity contribution is 4.98. The van der Waals surface area contributed by atoms with Crippen LogP contribution in [0.1, 0.15) is 26.7 Å². The monoisotopic (exact) mass is 239 g/mol. The molecule has 0 radical (unpaired) electrons. The Hall–Kier alpha value is -0.120. The van der Waals surface area contributed by atoms with Crippen LogP contribution in [0.4, 0.5) is 0 Å². The summed E-state index contributed by atoms with van der Waals surface area (Å²) in [7, 11) is 0. The Morgan fingerprint density at radius 2 is 1.88 bits per heavy atom. The SMILES string of the molecule is CC(C)OCC1(CN2CC3COCC3C2)CC1. The van der Waals surface area contributed by atoms with Crippen molar-refractivity contribution in [2.75, 3.05) is 39.5 Å². The van der Waals surface area contributed by atoms with E-state index in [9.17, 15) is 0 Å². The molecule has 3 rings (SSSR count). The Balaban J connectivity index is 1.47. The predicted octanol–water partition coefficient (Wildman–Crippen LogP) is 1.77. The van der Waals surface area contributed by atoms with Gasteiger partial charge in [0, 0.05) is 36.9 Å². The van der Waals surface area contributed by atoms with E-state index in [4.69, 9.17) is 9.47 Å². The van der Waals surface area contributed by atoms with Gasteiger partial charge in [0.1, 0.15) is 0 Å². The molecule has 0 aromatic heterocycles. The first-order valence-electron chi connectivity index (χ1n) is 7.09. The van der Waals surface area contributed by atoms with Gasteiger partial charge in [-0.05, 0) is 26.7 Å². The fourth-order valence-electron chi connectivity index (χ4n) is 3.26. The third-order valence-corrected chi connectivity index (χ3v) is 4.55. The van der Waals surface area contributed by atoms with Gasteiger partial charge in [-0.2, -0.15) is 0 Å². The van der Waals surface area contributed by atoms with E-state index in [1.807, 2.05) is 0 Å². The van der Waals surface area contributed by atoms with Crippen molar-refractivity contribution < 1.29 is 9.47 Å². The summed E-state index contributed by atoms with van der Waals surface area (Å²) in [5.41, 5.74) is 0.504. The van der Waals surface area contributed by atoms with Gasteiger partial charge in [-0.15, -0.1) is 0 Å². The fraction of sp³-hybridized carbons (Fsp3) is 1.00. The van der Waals surface area contributed by atoms with Crippen LogP contribution in [0.5, 0.6) is 0 Å². The molecular formula is C14H25NO2. The van der Waals surface area contributed by atoms with Crippen molar-refractivity contribution in [2.45, 2.75) is 32.8 Å². The number of hydrogen-bond acceptors (Lipinski definition) is 3. The van der Waals surface area contributed by atoms with Crippen molar-refractivity contribution >= 4 is 0 Å². The molecule has 0 N–H and O–H groups in total. The van der Waals surface area contributed by atoms with E-state index in [0.29, 0.717) is 11.5 Å². The van der Waals surface area contributed by atoms with Gasteiger partial charge in [0.05, 0.1) is 25.9 Å². The zero-order valence-electron chi connectivity index (χ0n) is 11.2. The van der Waals surface area contributed by atoms with Gasteiger partial charge in [-0.25, -0.2) is 0 Å². The van der Waals surface area contributed by atoms with Gasteiger partial charge in [0.2, 0.25) is 0 Å².